The van der Waals surface area contributed by atoms with Crippen molar-refractivity contribution in [1.82, 2.24) is 30.0 Å². The second kappa shape index (κ2) is 6.69. The van der Waals surface area contributed by atoms with E-state index in [0.717, 1.165) is 22.9 Å². The molecular formula is C14H16N6O7S2. The maximum atomic E-state index is 12.7. The van der Waals surface area contributed by atoms with Crippen molar-refractivity contribution in [3.63, 3.8) is 0 Å². The number of tetrazole rings is 1. The number of β-lactam (4-membered cyclic amide) rings is 1. The summed E-state index contributed by atoms with van der Waals surface area (Å²) in [6, 6.07) is -1.27. The van der Waals surface area contributed by atoms with Crippen LogP contribution in [0.4, 0.5) is 0 Å². The van der Waals surface area contributed by atoms with Crippen molar-refractivity contribution >= 4 is 39.7 Å². The Morgan fingerprint density at radius 1 is 1.38 bits per heavy atom. The first-order valence-corrected chi connectivity index (χ1v) is 11.2. The van der Waals surface area contributed by atoms with E-state index in [0.29, 0.717) is 5.16 Å². The number of carboxylic acid groups (broad SMARTS) is 1. The molecule has 1 N–H and O–H groups in total. The third-order valence-corrected chi connectivity index (χ3v) is 6.49. The largest absolute Gasteiger partial charge is 0.476 e. The highest BCUT2D eigenvalue weighted by molar-refractivity contribution is 7.99. The fourth-order valence-corrected chi connectivity index (χ4v) is 5.21. The second-order valence-corrected chi connectivity index (χ2v) is 9.41. The summed E-state index contributed by atoms with van der Waals surface area (Å²) in [5.41, 5.74) is -0.480. The molecule has 3 aliphatic rings. The lowest BCUT2D eigenvalue weighted by atomic mass is 9.82. The highest BCUT2D eigenvalue weighted by atomic mass is 32.2. The van der Waals surface area contributed by atoms with Crippen molar-refractivity contribution in [2.75, 3.05) is 18.6 Å². The minimum absolute atomic E-state index is 0.00332. The van der Waals surface area contributed by atoms with Crippen molar-refractivity contribution < 1.29 is 32.1 Å². The topological polar surface area (TPSA) is 165 Å². The van der Waals surface area contributed by atoms with E-state index in [-0.39, 0.29) is 36.3 Å². The summed E-state index contributed by atoms with van der Waals surface area (Å²) < 4.78 is 29.3. The Kier molecular flexibility index (Phi) is 4.53. The molecule has 4 heterocycles. The molecule has 29 heavy (non-hydrogen) atoms. The smallest absolute Gasteiger partial charge is 0.356 e. The van der Waals surface area contributed by atoms with E-state index >= 15 is 0 Å². The van der Waals surface area contributed by atoms with Gasteiger partial charge in [0.1, 0.15) is 6.04 Å². The van der Waals surface area contributed by atoms with Gasteiger partial charge in [-0.2, -0.15) is 8.42 Å². The lowest BCUT2D eigenvalue weighted by Gasteiger charge is -2.49. The van der Waals surface area contributed by atoms with E-state index in [1.165, 1.54) is 9.58 Å². The summed E-state index contributed by atoms with van der Waals surface area (Å²) in [4.78, 5) is 39.5. The number of aliphatic carboxylic acids is 1. The van der Waals surface area contributed by atoms with E-state index in [2.05, 4.69) is 15.5 Å². The lowest BCUT2D eigenvalue weighted by molar-refractivity contribution is -0.160. The molecule has 1 aromatic heterocycles. The van der Waals surface area contributed by atoms with Gasteiger partial charge in [-0.05, 0) is 10.4 Å². The van der Waals surface area contributed by atoms with Gasteiger partial charge in [0.15, 0.2) is 11.5 Å². The summed E-state index contributed by atoms with van der Waals surface area (Å²) in [5.74, 6) is -2.94. The number of carboxylic acids is 1. The highest BCUT2D eigenvalue weighted by Crippen LogP contribution is 2.47. The van der Waals surface area contributed by atoms with Crippen molar-refractivity contribution in [2.45, 2.75) is 23.7 Å². The van der Waals surface area contributed by atoms with E-state index < -0.39 is 39.8 Å². The van der Waals surface area contributed by atoms with Gasteiger partial charge in [-0.25, -0.2) is 9.48 Å². The molecule has 3 aliphatic heterocycles. The quantitative estimate of drug-likeness (QED) is 0.293. The lowest BCUT2D eigenvalue weighted by Crippen LogP contribution is -2.69. The molecule has 1 aromatic rings. The number of aromatic nitrogens is 4. The molecule has 15 heteroatoms. The molecule has 0 spiro atoms. The van der Waals surface area contributed by atoms with Gasteiger partial charge in [-0.3, -0.25) is 14.5 Å². The predicted octanol–water partition coefficient (Wildman–Crippen LogP) is -1.98. The molecule has 13 nitrogen and oxygen atoms in total. The zero-order chi connectivity index (χ0) is 21.1. The Hall–Kier alpha value is -2.68. The molecule has 3 atom stereocenters. The molecule has 0 unspecified atom stereocenters. The molecule has 0 saturated carbocycles. The zero-order valence-electron chi connectivity index (χ0n) is 15.2. The standard InChI is InChI=1S/C14H16N6O7S2/c1-18-14(15-16-17-18)28-5-8(21)19-4-6-3-7(27-29(2,25)26)10(13(23)24)20-9(6)11(19)12(20)22/h6,9,11H,3-5H2,1-2H3,(H,23,24)/t6-,9-,11+/m1/s1. The van der Waals surface area contributed by atoms with Crippen LogP contribution in [0.1, 0.15) is 6.42 Å². The maximum absolute atomic E-state index is 12.7. The first kappa shape index (κ1) is 19.6. The summed E-state index contributed by atoms with van der Waals surface area (Å²) in [6.07, 6.45) is 0.805. The molecule has 2 fully saturated rings. The van der Waals surface area contributed by atoms with Gasteiger partial charge in [-0.15, -0.1) is 5.10 Å². The predicted molar refractivity (Wildman–Crippen MR) is 94.4 cm³/mol. The Morgan fingerprint density at radius 2 is 2.10 bits per heavy atom. The SMILES string of the molecule is Cn1nnnc1SCC(=O)N1C[C@H]2CC(OS(C)(=O)=O)=C(C(=O)O)N3C(=O)[C@@H]1[C@@H]23. The number of rotatable bonds is 6. The van der Waals surface area contributed by atoms with Crippen LogP contribution >= 0.6 is 11.8 Å². The van der Waals surface area contributed by atoms with E-state index in [1.54, 1.807) is 7.05 Å². The molecular weight excluding hydrogens is 428 g/mol. The van der Waals surface area contributed by atoms with Crippen molar-refractivity contribution in [1.29, 1.82) is 0 Å². The molecule has 2 saturated heterocycles. The first-order valence-electron chi connectivity index (χ1n) is 8.42. The van der Waals surface area contributed by atoms with Gasteiger partial charge in [0.05, 0.1) is 18.1 Å². The maximum Gasteiger partial charge on any atom is 0.356 e. The third-order valence-electron chi connectivity index (χ3n) is 5.00. The number of carbonyl (C=O) groups is 3. The molecule has 156 valence electrons. The van der Waals surface area contributed by atoms with E-state index in [9.17, 15) is 27.9 Å². The summed E-state index contributed by atoms with van der Waals surface area (Å²) in [7, 11) is -2.34. The molecule has 4 rings (SSSR count). The van der Waals surface area contributed by atoms with Crippen LogP contribution in [0.15, 0.2) is 16.6 Å². The Labute approximate surface area is 168 Å². The number of hydrogen-bond acceptors (Lipinski definition) is 10. The number of hydrogen-bond donors (Lipinski definition) is 1. The van der Waals surface area contributed by atoms with Gasteiger partial charge in [0.2, 0.25) is 11.1 Å². The molecule has 0 aromatic carbocycles. The van der Waals surface area contributed by atoms with E-state index in [1.807, 2.05) is 0 Å². The number of thioether (sulfide) groups is 1. The van der Waals surface area contributed by atoms with Gasteiger partial charge < -0.3 is 14.2 Å². The van der Waals surface area contributed by atoms with Crippen LogP contribution in [0.25, 0.3) is 0 Å². The number of carbonyl (C=O) groups excluding carboxylic acids is 2. The van der Waals surface area contributed by atoms with Crippen molar-refractivity contribution in [3.05, 3.63) is 11.5 Å². The van der Waals surface area contributed by atoms with Crippen molar-refractivity contribution in [2.24, 2.45) is 13.0 Å². The Balaban J connectivity index is 1.54. The fourth-order valence-electron chi connectivity index (χ4n) is 3.96. The second-order valence-electron chi connectivity index (χ2n) is 6.89. The summed E-state index contributed by atoms with van der Waals surface area (Å²) in [6.45, 7) is 0.192. The summed E-state index contributed by atoms with van der Waals surface area (Å²) in [5, 5.41) is 20.9. The highest BCUT2D eigenvalue weighted by Gasteiger charge is 2.64. The van der Waals surface area contributed by atoms with Crippen LogP contribution < -0.4 is 0 Å². The minimum Gasteiger partial charge on any atom is -0.476 e. The normalized spacial score (nSPS) is 25.7. The van der Waals surface area contributed by atoms with E-state index in [4.69, 9.17) is 4.18 Å². The van der Waals surface area contributed by atoms with Gasteiger partial charge in [0.25, 0.3) is 5.91 Å². The summed E-state index contributed by atoms with van der Waals surface area (Å²) >= 11 is 1.12. The van der Waals surface area contributed by atoms with Crippen LogP contribution in [-0.4, -0.2) is 92.0 Å². The van der Waals surface area contributed by atoms with Crippen LogP contribution in [0.3, 0.4) is 0 Å². The number of likely N-dealkylation sites (tertiary alicyclic amines) is 1. The molecule has 0 radical (unpaired) electrons. The average Bonchev–Trinajstić information content (AvgIpc) is 3.18. The zero-order valence-corrected chi connectivity index (χ0v) is 16.9. The minimum atomic E-state index is -3.97. The molecule has 0 aliphatic carbocycles. The first-order chi connectivity index (χ1) is 13.6. The number of aryl methyl sites for hydroxylation is 1. The molecule has 0 bridgehead atoms. The van der Waals surface area contributed by atoms with Crippen molar-refractivity contribution in [3.8, 4) is 0 Å². The number of allylic oxidation sites excluding steroid dienone is 1. The number of amides is 2. The average molecular weight is 444 g/mol. The van der Waals surface area contributed by atoms with Crippen LogP contribution in [0, 0.1) is 5.92 Å². The van der Waals surface area contributed by atoms with Gasteiger partial charge >= 0.3 is 16.1 Å². The van der Waals surface area contributed by atoms with Gasteiger partial charge in [0, 0.05) is 25.9 Å². The van der Waals surface area contributed by atoms with Crippen LogP contribution in [0.2, 0.25) is 0 Å². The fraction of sp³-hybridized carbons (Fsp3) is 0.571. The monoisotopic (exact) mass is 444 g/mol. The third kappa shape index (κ3) is 3.23. The Bertz CT molecular complexity index is 1050. The van der Waals surface area contributed by atoms with Gasteiger partial charge in [-0.1, -0.05) is 11.8 Å². The Morgan fingerprint density at radius 3 is 2.69 bits per heavy atom. The van der Waals surface area contributed by atoms with Crippen LogP contribution in [-0.2, 0) is 35.7 Å². The van der Waals surface area contributed by atoms with Crippen LogP contribution in [0.5, 0.6) is 0 Å². The number of nitrogens with zero attached hydrogens (tertiary/aromatic N) is 6. The molecule has 2 amide bonds.